The van der Waals surface area contributed by atoms with E-state index in [-0.39, 0.29) is 11.8 Å². The van der Waals surface area contributed by atoms with Crippen LogP contribution in [0.25, 0.3) is 0 Å². The molecule has 172 valence electrons. The molecular weight excluding hydrogens is 436 g/mol. The zero-order chi connectivity index (χ0) is 22.6. The van der Waals surface area contributed by atoms with E-state index in [1.54, 1.807) is 24.1 Å². The fourth-order valence-electron chi connectivity index (χ4n) is 2.92. The van der Waals surface area contributed by atoms with Gasteiger partial charge in [-0.1, -0.05) is 50.7 Å². The van der Waals surface area contributed by atoms with Gasteiger partial charge in [0, 0.05) is 26.0 Å². The Morgan fingerprint density at radius 1 is 1.06 bits per heavy atom. The zero-order valence-electron chi connectivity index (χ0n) is 18.5. The smallest absolute Gasteiger partial charge is 0.263 e. The Bertz CT molecular complexity index is 773. The first kappa shape index (κ1) is 25.4. The molecule has 1 aromatic rings. The number of benzene rings is 1. The number of methoxy groups -OCH3 is 1. The van der Waals surface area contributed by atoms with Crippen molar-refractivity contribution in [2.45, 2.75) is 39.5 Å². The van der Waals surface area contributed by atoms with Crippen molar-refractivity contribution in [3.63, 3.8) is 0 Å². The lowest BCUT2D eigenvalue weighted by Gasteiger charge is -2.21. The Labute approximate surface area is 194 Å². The molecule has 0 aliphatic carbocycles. The molecule has 0 atom stereocenters. The Kier molecular flexibility index (Phi) is 11.1. The van der Waals surface area contributed by atoms with E-state index in [4.69, 9.17) is 26.4 Å². The molecule has 1 N–H and O–H groups in total. The van der Waals surface area contributed by atoms with Gasteiger partial charge in [0.1, 0.15) is 4.32 Å². The molecule has 0 radical (unpaired) electrons. The molecule has 2 amide bonds. The van der Waals surface area contributed by atoms with Crippen LogP contribution in [0.2, 0.25) is 0 Å². The number of thiocarbonyl (C=S) groups is 1. The van der Waals surface area contributed by atoms with Crippen molar-refractivity contribution in [2.75, 3.05) is 45.8 Å². The van der Waals surface area contributed by atoms with Crippen LogP contribution in [0.3, 0.4) is 0 Å². The average molecular weight is 469 g/mol. The number of nitrogens with zero attached hydrogens (tertiary/aromatic N) is 1. The number of nitrogens with one attached hydrogen (secondary N) is 1. The number of ether oxygens (including phenoxy) is 3. The normalized spacial score (nSPS) is 13.4. The van der Waals surface area contributed by atoms with Gasteiger partial charge in [0.2, 0.25) is 0 Å². The number of carbonyl (C=O) groups is 2. The highest BCUT2D eigenvalue weighted by molar-refractivity contribution is 8.23. The van der Waals surface area contributed by atoms with E-state index in [9.17, 15) is 9.59 Å². The second-order valence-electron chi connectivity index (χ2n) is 7.04. The Balaban J connectivity index is 2.45. The minimum Gasteiger partial charge on any atom is -0.489 e. The summed E-state index contributed by atoms with van der Waals surface area (Å²) in [7, 11) is 1.58. The van der Waals surface area contributed by atoms with Gasteiger partial charge >= 0.3 is 0 Å². The number of thioether (sulfide) groups is 1. The Hall–Kier alpha value is -1.84. The maximum absolute atomic E-state index is 13.3. The molecule has 2 rings (SSSR count). The first-order valence-corrected chi connectivity index (χ1v) is 12.1. The molecule has 0 unspecified atom stereocenters. The SMILES string of the molecule is CCCCOc1c(C(=O)NCCOC)ccc(C(=O)N2CCSC2=S)c1OCCCC. The summed E-state index contributed by atoms with van der Waals surface area (Å²) in [5.74, 6) is 0.872. The van der Waals surface area contributed by atoms with Gasteiger partial charge in [0.05, 0.1) is 30.9 Å². The molecule has 1 aliphatic rings. The predicted octanol–water partition coefficient (Wildman–Crippen LogP) is 3.89. The lowest BCUT2D eigenvalue weighted by molar-refractivity contribution is 0.0853. The lowest BCUT2D eigenvalue weighted by atomic mass is 10.1. The van der Waals surface area contributed by atoms with Crippen molar-refractivity contribution >= 4 is 40.1 Å². The minimum absolute atomic E-state index is 0.229. The molecule has 9 heteroatoms. The third-order valence-electron chi connectivity index (χ3n) is 4.67. The summed E-state index contributed by atoms with van der Waals surface area (Å²) in [6.45, 7) is 6.30. The number of hydrogen-bond donors (Lipinski definition) is 1. The van der Waals surface area contributed by atoms with Crippen LogP contribution in [0.4, 0.5) is 0 Å². The largest absolute Gasteiger partial charge is 0.489 e. The molecule has 1 saturated heterocycles. The molecule has 0 bridgehead atoms. The van der Waals surface area contributed by atoms with Crippen molar-refractivity contribution < 1.29 is 23.8 Å². The van der Waals surface area contributed by atoms with Crippen LogP contribution in [0.1, 0.15) is 60.2 Å². The summed E-state index contributed by atoms with van der Waals surface area (Å²) in [5.41, 5.74) is 0.703. The number of amides is 2. The molecule has 0 saturated carbocycles. The van der Waals surface area contributed by atoms with Gasteiger partial charge in [-0.15, -0.1) is 0 Å². The molecule has 1 aromatic carbocycles. The fourth-order valence-corrected chi connectivity index (χ4v) is 4.12. The van der Waals surface area contributed by atoms with Gasteiger partial charge in [0.25, 0.3) is 11.8 Å². The summed E-state index contributed by atoms with van der Waals surface area (Å²) in [5, 5.41) is 2.82. The quantitative estimate of drug-likeness (QED) is 0.348. The molecular formula is C22H32N2O5S2. The zero-order valence-corrected chi connectivity index (χ0v) is 20.2. The van der Waals surface area contributed by atoms with E-state index >= 15 is 0 Å². The molecule has 7 nitrogen and oxygen atoms in total. The van der Waals surface area contributed by atoms with Gasteiger partial charge in [-0.05, 0) is 25.0 Å². The lowest BCUT2D eigenvalue weighted by Crippen LogP contribution is -2.32. The van der Waals surface area contributed by atoms with E-state index < -0.39 is 0 Å². The van der Waals surface area contributed by atoms with Crippen molar-refractivity contribution in [1.82, 2.24) is 10.2 Å². The van der Waals surface area contributed by atoms with E-state index in [1.807, 2.05) is 0 Å². The van der Waals surface area contributed by atoms with E-state index in [0.717, 1.165) is 31.4 Å². The number of unbranched alkanes of at least 4 members (excludes halogenated alkanes) is 2. The van der Waals surface area contributed by atoms with E-state index in [2.05, 4.69) is 19.2 Å². The van der Waals surface area contributed by atoms with Crippen LogP contribution >= 0.6 is 24.0 Å². The van der Waals surface area contributed by atoms with Crippen molar-refractivity contribution in [2.24, 2.45) is 0 Å². The number of carbonyl (C=O) groups excluding carboxylic acids is 2. The van der Waals surface area contributed by atoms with Crippen LogP contribution in [0.15, 0.2) is 12.1 Å². The maximum atomic E-state index is 13.3. The summed E-state index contributed by atoms with van der Waals surface area (Å²) in [4.78, 5) is 27.7. The van der Waals surface area contributed by atoms with Gasteiger partial charge < -0.3 is 19.5 Å². The monoisotopic (exact) mass is 468 g/mol. The standard InChI is InChI=1S/C22H32N2O5S2/c1-4-6-12-28-18-16(20(25)23-10-14-27-3)8-9-17(19(18)29-13-7-5-2)21(26)24-11-15-31-22(24)30/h8-9H,4-7,10-15H2,1-3H3,(H,23,25). The summed E-state index contributed by atoms with van der Waals surface area (Å²) in [6.07, 6.45) is 3.53. The van der Waals surface area contributed by atoms with Gasteiger partial charge in [-0.2, -0.15) is 0 Å². The maximum Gasteiger partial charge on any atom is 0.263 e. The highest BCUT2D eigenvalue weighted by atomic mass is 32.2. The molecule has 1 aliphatic heterocycles. The number of hydrogen-bond acceptors (Lipinski definition) is 7. The van der Waals surface area contributed by atoms with Crippen LogP contribution < -0.4 is 14.8 Å². The minimum atomic E-state index is -0.296. The van der Waals surface area contributed by atoms with Crippen LogP contribution in [0, 0.1) is 0 Å². The molecule has 31 heavy (non-hydrogen) atoms. The highest BCUT2D eigenvalue weighted by Crippen LogP contribution is 2.37. The first-order chi connectivity index (χ1) is 15.0. The van der Waals surface area contributed by atoms with Crippen molar-refractivity contribution in [3.8, 4) is 11.5 Å². The van der Waals surface area contributed by atoms with Crippen molar-refractivity contribution in [1.29, 1.82) is 0 Å². The molecule has 1 fully saturated rings. The third kappa shape index (κ3) is 7.08. The van der Waals surface area contributed by atoms with E-state index in [0.29, 0.717) is 59.9 Å². The fraction of sp³-hybridized carbons (Fsp3) is 0.591. The van der Waals surface area contributed by atoms with Crippen LogP contribution in [-0.2, 0) is 4.74 Å². The second-order valence-corrected chi connectivity index (χ2v) is 8.77. The van der Waals surface area contributed by atoms with Crippen molar-refractivity contribution in [3.05, 3.63) is 23.3 Å². The Morgan fingerprint density at radius 3 is 2.23 bits per heavy atom. The molecule has 0 aromatic heterocycles. The average Bonchev–Trinajstić information content (AvgIpc) is 3.20. The third-order valence-corrected chi connectivity index (χ3v) is 6.10. The topological polar surface area (TPSA) is 77.1 Å². The summed E-state index contributed by atoms with van der Waals surface area (Å²) >= 11 is 6.82. The van der Waals surface area contributed by atoms with Gasteiger partial charge in [-0.3, -0.25) is 14.5 Å². The van der Waals surface area contributed by atoms with Gasteiger partial charge in [-0.25, -0.2) is 0 Å². The summed E-state index contributed by atoms with van der Waals surface area (Å²) < 4.78 is 17.6. The highest BCUT2D eigenvalue weighted by Gasteiger charge is 2.30. The summed E-state index contributed by atoms with van der Waals surface area (Å²) in [6, 6.07) is 3.25. The second kappa shape index (κ2) is 13.5. The number of rotatable bonds is 13. The molecule has 1 heterocycles. The predicted molar refractivity (Wildman–Crippen MR) is 128 cm³/mol. The van der Waals surface area contributed by atoms with Crippen LogP contribution in [0.5, 0.6) is 11.5 Å². The molecule has 0 spiro atoms. The Morgan fingerprint density at radius 2 is 1.68 bits per heavy atom. The first-order valence-electron chi connectivity index (χ1n) is 10.7. The van der Waals surface area contributed by atoms with Crippen LogP contribution in [-0.4, -0.2) is 66.8 Å². The van der Waals surface area contributed by atoms with E-state index in [1.165, 1.54) is 11.8 Å². The van der Waals surface area contributed by atoms with Gasteiger partial charge in [0.15, 0.2) is 11.5 Å².